The van der Waals surface area contributed by atoms with Crippen molar-refractivity contribution < 1.29 is 40.9 Å². The molecule has 0 fully saturated rings. The quantitative estimate of drug-likeness (QED) is 0.0852. The summed E-state index contributed by atoms with van der Waals surface area (Å²) in [5.41, 5.74) is 4.13. The Morgan fingerprint density at radius 3 is 1.97 bits per heavy atom. The molecule has 3 aromatic rings. The van der Waals surface area contributed by atoms with Crippen LogP contribution < -0.4 is 0 Å². The van der Waals surface area contributed by atoms with Crippen LogP contribution in [0.3, 0.4) is 0 Å². The monoisotopic (exact) mass is 604 g/mol. The van der Waals surface area contributed by atoms with Crippen molar-refractivity contribution in [2.45, 2.75) is 40.8 Å². The van der Waals surface area contributed by atoms with E-state index in [1.807, 2.05) is 0 Å². The molecule has 1 unspecified atom stereocenters. The zero-order chi connectivity index (χ0) is 24.2. The summed E-state index contributed by atoms with van der Waals surface area (Å²) < 4.78 is 53.7. The van der Waals surface area contributed by atoms with Crippen LogP contribution in [-0.4, -0.2) is 5.43 Å². The van der Waals surface area contributed by atoms with Gasteiger partial charge in [0.05, 0.1) is 0 Å². The van der Waals surface area contributed by atoms with Crippen LogP contribution in [0.25, 0.3) is 21.9 Å². The number of benzene rings is 2. The SMILES string of the molecule is CC1=[C-]C(C)C(C)=C1C.C[Si](C)=[Zr+2].Cl.Cl.Fc1cc(F)c(-c2c[cH-]c3ccccc23)c(F)c1F. The van der Waals surface area contributed by atoms with Gasteiger partial charge < -0.3 is 0 Å². The zero-order valence-electron chi connectivity index (χ0n) is 19.9. The first kappa shape index (κ1) is 32.9. The third-order valence-corrected chi connectivity index (χ3v) is 5.30. The second kappa shape index (κ2) is 14.5. The van der Waals surface area contributed by atoms with E-state index in [4.69, 9.17) is 0 Å². The molecule has 1 aliphatic rings. The summed E-state index contributed by atoms with van der Waals surface area (Å²) in [6.45, 7) is 13.3. The second-order valence-corrected chi connectivity index (χ2v) is 17.4. The summed E-state index contributed by atoms with van der Waals surface area (Å²) in [5, 5.41) is 1.37. The molecule has 0 heterocycles. The fourth-order valence-corrected chi connectivity index (χ4v) is 3.34. The minimum atomic E-state index is -1.67. The molecule has 0 aliphatic heterocycles. The van der Waals surface area contributed by atoms with Gasteiger partial charge >= 0.3 is 41.9 Å². The molecule has 182 valence electrons. The van der Waals surface area contributed by atoms with E-state index in [-0.39, 0.29) is 35.8 Å². The first-order valence-corrected chi connectivity index (χ1v) is 16.4. The Kier molecular flexibility index (Phi) is 14.0. The molecule has 0 nitrogen and oxygen atoms in total. The van der Waals surface area contributed by atoms with Crippen molar-refractivity contribution in [3.05, 3.63) is 88.5 Å². The van der Waals surface area contributed by atoms with E-state index in [2.05, 4.69) is 46.9 Å². The summed E-state index contributed by atoms with van der Waals surface area (Å²) >= 11 is 1.74. The Morgan fingerprint density at radius 2 is 1.50 bits per heavy atom. The topological polar surface area (TPSA) is 0 Å². The molecule has 0 N–H and O–H groups in total. The summed E-state index contributed by atoms with van der Waals surface area (Å²) in [6, 6.07) is 10.5. The second-order valence-electron chi connectivity index (χ2n) is 7.98. The fourth-order valence-electron chi connectivity index (χ4n) is 3.34. The summed E-state index contributed by atoms with van der Waals surface area (Å²) in [5.74, 6) is -5.26. The minimum Gasteiger partial charge on any atom is -0.207 e. The van der Waals surface area contributed by atoms with E-state index < -0.39 is 28.8 Å². The van der Waals surface area contributed by atoms with E-state index >= 15 is 0 Å². The Bertz CT molecular complexity index is 1210. The van der Waals surface area contributed by atoms with Gasteiger partial charge in [-0.15, -0.1) is 78.4 Å². The van der Waals surface area contributed by atoms with Gasteiger partial charge in [0.2, 0.25) is 0 Å². The van der Waals surface area contributed by atoms with E-state index in [1.165, 1.54) is 22.8 Å². The van der Waals surface area contributed by atoms with Crippen LogP contribution in [-0.2, 0) is 23.3 Å². The van der Waals surface area contributed by atoms with E-state index in [1.54, 1.807) is 53.7 Å². The van der Waals surface area contributed by atoms with Gasteiger partial charge in [0.1, 0.15) is 5.82 Å². The van der Waals surface area contributed by atoms with Crippen molar-refractivity contribution in [3.63, 3.8) is 0 Å². The van der Waals surface area contributed by atoms with E-state index in [0.717, 1.165) is 5.39 Å². The molecular weight excluding hydrogens is 578 g/mol. The van der Waals surface area contributed by atoms with Crippen molar-refractivity contribution >= 4 is 41.0 Å². The Balaban J connectivity index is 0.000000614. The number of halogens is 6. The summed E-state index contributed by atoms with van der Waals surface area (Å²) in [4.78, 5) is 0. The molecule has 1 atom stereocenters. The molecule has 0 spiro atoms. The maximum atomic E-state index is 13.8. The number of hydrogen-bond donors (Lipinski definition) is 0. The molecule has 8 heteroatoms. The van der Waals surface area contributed by atoms with Crippen molar-refractivity contribution in [2.24, 2.45) is 5.92 Å². The molecule has 0 bridgehead atoms. The average molecular weight is 607 g/mol. The number of fused-ring (bicyclic) bond motifs is 1. The van der Waals surface area contributed by atoms with Gasteiger partial charge in [-0.25, -0.2) is 23.1 Å². The predicted molar refractivity (Wildman–Crippen MR) is 137 cm³/mol. The maximum Gasteiger partial charge on any atom is 0.194 e. The first-order chi connectivity index (χ1) is 15.0. The van der Waals surface area contributed by atoms with Crippen LogP contribution in [0.1, 0.15) is 27.7 Å². The van der Waals surface area contributed by atoms with E-state index in [9.17, 15) is 17.6 Å². The fraction of sp³-hybridized carbons (Fsp3) is 0.269. The molecule has 0 amide bonds. The van der Waals surface area contributed by atoms with Gasteiger partial charge in [0.25, 0.3) is 0 Å². The van der Waals surface area contributed by atoms with Crippen molar-refractivity contribution in [3.8, 4) is 11.1 Å². The first-order valence-electron chi connectivity index (χ1n) is 10.2. The average Bonchev–Trinajstić information content (AvgIpc) is 3.23. The molecule has 1 aliphatic carbocycles. The standard InChI is InChI=1S/C15H7F4.C9H13.C2H6Si.2ClH.Zr/c16-11-7-12(17)14(18)15(19)13(11)10-6-5-8-3-1-2-4-9(8)10;1-6-5-7(2)9(4)8(6)3;1-3-2;;;/h1-7H;6H,1-4H3;1-2H3;2*1H;/q2*-1;;;;+2. The third kappa shape index (κ3) is 7.98. The zero-order valence-corrected chi connectivity index (χ0v) is 25.0. The smallest absolute Gasteiger partial charge is 0.194 e. The minimum absolute atomic E-state index is 0. The van der Waals surface area contributed by atoms with Crippen LogP contribution >= 0.6 is 24.8 Å². The van der Waals surface area contributed by atoms with Gasteiger partial charge in [0.15, 0.2) is 17.5 Å². The van der Waals surface area contributed by atoms with Gasteiger partial charge in [-0.05, 0) is 0 Å². The third-order valence-electron chi connectivity index (χ3n) is 5.30. The van der Waals surface area contributed by atoms with Crippen molar-refractivity contribution in [1.82, 2.24) is 0 Å². The molecule has 0 saturated carbocycles. The van der Waals surface area contributed by atoms with E-state index in [0.29, 0.717) is 17.4 Å². The summed E-state index contributed by atoms with van der Waals surface area (Å²) in [7, 11) is 0. The molecule has 3 aromatic carbocycles. The summed E-state index contributed by atoms with van der Waals surface area (Å²) in [6.07, 6.45) is 3.36. The van der Waals surface area contributed by atoms with Crippen LogP contribution in [0.15, 0.2) is 59.2 Å². The molecular formula is C26H28Cl2F4SiZr. The number of allylic oxidation sites excluding steroid dienone is 4. The number of hydrogen-bond acceptors (Lipinski definition) is 0. The normalized spacial score (nSPS) is 14.2. The van der Waals surface area contributed by atoms with Crippen LogP contribution in [0.2, 0.25) is 13.1 Å². The molecule has 0 aromatic heterocycles. The van der Waals surface area contributed by atoms with Crippen LogP contribution in [0, 0.1) is 35.3 Å². The molecule has 4 rings (SSSR count). The Morgan fingerprint density at radius 1 is 0.941 bits per heavy atom. The van der Waals surface area contributed by atoms with Crippen LogP contribution in [0.5, 0.6) is 0 Å². The van der Waals surface area contributed by atoms with Gasteiger partial charge in [0, 0.05) is 11.6 Å². The Hall–Kier alpha value is -1.07. The van der Waals surface area contributed by atoms with Gasteiger partial charge in [-0.1, -0.05) is 32.8 Å². The van der Waals surface area contributed by atoms with Crippen molar-refractivity contribution in [2.75, 3.05) is 0 Å². The molecule has 0 radical (unpaired) electrons. The molecule has 0 saturated heterocycles. The largest absolute Gasteiger partial charge is 0.207 e. The van der Waals surface area contributed by atoms with Gasteiger partial charge in [-0.3, -0.25) is 6.08 Å². The number of rotatable bonds is 1. The predicted octanol–water partition coefficient (Wildman–Crippen LogP) is 9.13. The maximum absolute atomic E-state index is 13.8. The van der Waals surface area contributed by atoms with Crippen LogP contribution in [0.4, 0.5) is 17.6 Å². The van der Waals surface area contributed by atoms with Gasteiger partial charge in [-0.2, -0.15) is 11.1 Å². The van der Waals surface area contributed by atoms with Crippen molar-refractivity contribution in [1.29, 1.82) is 0 Å². The molecule has 34 heavy (non-hydrogen) atoms. The Labute approximate surface area is 227 Å².